The Labute approximate surface area is 105 Å². The van der Waals surface area contributed by atoms with Crippen LogP contribution in [0.4, 0.5) is 13.2 Å². The van der Waals surface area contributed by atoms with E-state index in [9.17, 15) is 18.0 Å². The van der Waals surface area contributed by atoms with Crippen molar-refractivity contribution in [3.8, 4) is 16.9 Å². The normalized spacial score (nSPS) is 11.3. The summed E-state index contributed by atoms with van der Waals surface area (Å²) in [6.07, 6.45) is -4.14. The van der Waals surface area contributed by atoms with Gasteiger partial charge in [0.15, 0.2) is 6.29 Å². The van der Waals surface area contributed by atoms with Crippen molar-refractivity contribution in [1.82, 2.24) is 0 Å². The van der Waals surface area contributed by atoms with Crippen molar-refractivity contribution in [1.29, 1.82) is 0 Å². The molecule has 0 N–H and O–H groups in total. The summed E-state index contributed by atoms with van der Waals surface area (Å²) >= 11 is 1.17. The summed E-state index contributed by atoms with van der Waals surface area (Å²) in [4.78, 5) is 11.2. The van der Waals surface area contributed by atoms with E-state index in [4.69, 9.17) is 0 Å². The number of rotatable bonds is 3. The van der Waals surface area contributed by atoms with E-state index >= 15 is 0 Å². The van der Waals surface area contributed by atoms with Crippen molar-refractivity contribution in [2.24, 2.45) is 0 Å². The number of para-hydroxylation sites is 1. The number of carbonyl (C=O) groups is 1. The molecule has 18 heavy (non-hydrogen) atoms. The summed E-state index contributed by atoms with van der Waals surface area (Å²) in [6.45, 7) is 0. The maximum atomic E-state index is 12.3. The molecule has 1 heterocycles. The lowest BCUT2D eigenvalue weighted by molar-refractivity contribution is -0.274. The Morgan fingerprint density at radius 3 is 2.50 bits per heavy atom. The van der Waals surface area contributed by atoms with Gasteiger partial charge in [-0.3, -0.25) is 4.79 Å². The van der Waals surface area contributed by atoms with Gasteiger partial charge in [0.1, 0.15) is 5.75 Å². The van der Waals surface area contributed by atoms with E-state index in [0.29, 0.717) is 16.7 Å². The van der Waals surface area contributed by atoms with Crippen LogP contribution in [0.25, 0.3) is 11.1 Å². The number of hydrogen-bond acceptors (Lipinski definition) is 3. The van der Waals surface area contributed by atoms with Crippen LogP contribution in [-0.2, 0) is 0 Å². The molecular formula is C12H7F3O2S. The van der Waals surface area contributed by atoms with E-state index in [1.54, 1.807) is 17.5 Å². The lowest BCUT2D eigenvalue weighted by Crippen LogP contribution is -2.17. The SMILES string of the molecule is O=Cc1sccc1-c1ccccc1OC(F)(F)F. The van der Waals surface area contributed by atoms with Crippen LogP contribution in [0.15, 0.2) is 35.7 Å². The van der Waals surface area contributed by atoms with Gasteiger partial charge in [-0.25, -0.2) is 0 Å². The highest BCUT2D eigenvalue weighted by molar-refractivity contribution is 7.12. The third-order valence-corrected chi connectivity index (χ3v) is 3.05. The molecule has 0 aliphatic rings. The van der Waals surface area contributed by atoms with Crippen LogP contribution in [-0.4, -0.2) is 12.6 Å². The molecule has 1 aromatic heterocycles. The maximum absolute atomic E-state index is 12.3. The van der Waals surface area contributed by atoms with Crippen molar-refractivity contribution in [3.63, 3.8) is 0 Å². The Morgan fingerprint density at radius 1 is 1.11 bits per heavy atom. The van der Waals surface area contributed by atoms with E-state index in [-0.39, 0.29) is 11.3 Å². The van der Waals surface area contributed by atoms with E-state index < -0.39 is 6.36 Å². The quantitative estimate of drug-likeness (QED) is 0.785. The van der Waals surface area contributed by atoms with Crippen molar-refractivity contribution < 1.29 is 22.7 Å². The molecule has 0 saturated carbocycles. The number of aldehydes is 1. The van der Waals surface area contributed by atoms with E-state index in [1.165, 1.54) is 29.5 Å². The minimum atomic E-state index is -4.76. The molecule has 0 atom stereocenters. The second-order valence-corrected chi connectivity index (χ2v) is 4.31. The fourth-order valence-corrected chi connectivity index (χ4v) is 2.25. The molecule has 0 unspecified atom stereocenters. The molecule has 0 amide bonds. The number of thiophene rings is 1. The van der Waals surface area contributed by atoms with Crippen LogP contribution in [0.5, 0.6) is 5.75 Å². The number of carbonyl (C=O) groups excluding carboxylic acids is 1. The van der Waals surface area contributed by atoms with Crippen molar-refractivity contribution in [2.45, 2.75) is 6.36 Å². The van der Waals surface area contributed by atoms with Gasteiger partial charge in [-0.15, -0.1) is 24.5 Å². The molecule has 0 aliphatic carbocycles. The number of alkyl halides is 3. The van der Waals surface area contributed by atoms with Crippen LogP contribution in [0, 0.1) is 0 Å². The molecule has 2 nitrogen and oxygen atoms in total. The Kier molecular flexibility index (Phi) is 3.38. The van der Waals surface area contributed by atoms with Crippen molar-refractivity contribution in [2.75, 3.05) is 0 Å². The Bertz CT molecular complexity index is 560. The van der Waals surface area contributed by atoms with Gasteiger partial charge in [0, 0.05) is 11.1 Å². The number of hydrogen-bond donors (Lipinski definition) is 0. The van der Waals surface area contributed by atoms with Crippen LogP contribution in [0.2, 0.25) is 0 Å². The molecular weight excluding hydrogens is 265 g/mol. The molecule has 0 spiro atoms. The molecule has 0 aliphatic heterocycles. The van der Waals surface area contributed by atoms with E-state index in [0.717, 1.165) is 0 Å². The van der Waals surface area contributed by atoms with E-state index in [2.05, 4.69) is 4.74 Å². The van der Waals surface area contributed by atoms with E-state index in [1.807, 2.05) is 0 Å². The second-order valence-electron chi connectivity index (χ2n) is 3.36. The Morgan fingerprint density at radius 2 is 1.83 bits per heavy atom. The first-order chi connectivity index (χ1) is 8.51. The smallest absolute Gasteiger partial charge is 0.405 e. The molecule has 6 heteroatoms. The zero-order chi connectivity index (χ0) is 13.2. The largest absolute Gasteiger partial charge is 0.573 e. The van der Waals surface area contributed by atoms with Crippen LogP contribution in [0.1, 0.15) is 9.67 Å². The predicted molar refractivity (Wildman–Crippen MR) is 61.8 cm³/mol. The molecule has 1 aromatic carbocycles. The highest BCUT2D eigenvalue weighted by atomic mass is 32.1. The summed E-state index contributed by atoms with van der Waals surface area (Å²) < 4.78 is 40.7. The lowest BCUT2D eigenvalue weighted by atomic mass is 10.1. The van der Waals surface area contributed by atoms with Crippen molar-refractivity contribution >= 4 is 17.6 Å². The van der Waals surface area contributed by atoms with Gasteiger partial charge < -0.3 is 4.74 Å². The molecule has 2 aromatic rings. The number of halogens is 3. The zero-order valence-corrected chi connectivity index (χ0v) is 9.72. The van der Waals surface area contributed by atoms with Gasteiger partial charge >= 0.3 is 6.36 Å². The van der Waals surface area contributed by atoms with Gasteiger partial charge in [-0.2, -0.15) is 0 Å². The molecule has 0 radical (unpaired) electrons. The van der Waals surface area contributed by atoms with Gasteiger partial charge in [0.05, 0.1) is 4.88 Å². The minimum absolute atomic E-state index is 0.248. The summed E-state index contributed by atoms with van der Waals surface area (Å²) in [5.41, 5.74) is 0.688. The fourth-order valence-electron chi connectivity index (χ4n) is 1.54. The zero-order valence-electron chi connectivity index (χ0n) is 8.90. The average molecular weight is 272 g/mol. The van der Waals surface area contributed by atoms with Gasteiger partial charge in [-0.1, -0.05) is 18.2 Å². The first-order valence-electron chi connectivity index (χ1n) is 4.89. The number of ether oxygens (including phenoxy) is 1. The number of benzene rings is 1. The second kappa shape index (κ2) is 4.81. The highest BCUT2D eigenvalue weighted by Gasteiger charge is 2.32. The topological polar surface area (TPSA) is 26.3 Å². The fraction of sp³-hybridized carbons (Fsp3) is 0.0833. The molecule has 0 fully saturated rings. The van der Waals surface area contributed by atoms with Crippen molar-refractivity contribution in [3.05, 3.63) is 40.6 Å². The Hall–Kier alpha value is -1.82. The molecule has 0 saturated heterocycles. The average Bonchev–Trinajstić information content (AvgIpc) is 2.75. The van der Waals surface area contributed by atoms with Crippen LogP contribution >= 0.6 is 11.3 Å². The lowest BCUT2D eigenvalue weighted by Gasteiger charge is -2.12. The summed E-state index contributed by atoms with van der Waals surface area (Å²) in [7, 11) is 0. The van der Waals surface area contributed by atoms with Gasteiger partial charge in [-0.05, 0) is 17.5 Å². The summed E-state index contributed by atoms with van der Waals surface area (Å²) in [5, 5.41) is 1.64. The Balaban J connectivity index is 2.48. The third kappa shape index (κ3) is 2.70. The molecule has 2 rings (SSSR count). The summed E-state index contributed by atoms with van der Waals surface area (Å²) in [6, 6.07) is 7.32. The minimum Gasteiger partial charge on any atom is -0.405 e. The monoisotopic (exact) mass is 272 g/mol. The van der Waals surface area contributed by atoms with Crippen LogP contribution in [0.3, 0.4) is 0 Å². The summed E-state index contributed by atoms with van der Waals surface area (Å²) in [5.74, 6) is -0.313. The van der Waals surface area contributed by atoms with Gasteiger partial charge in [0.25, 0.3) is 0 Å². The standard InChI is InChI=1S/C12H7F3O2S/c13-12(14,15)17-10-4-2-1-3-8(10)9-5-6-18-11(9)7-16/h1-7H. The molecule has 94 valence electrons. The van der Waals surface area contributed by atoms with Gasteiger partial charge in [0.2, 0.25) is 0 Å². The first kappa shape index (κ1) is 12.6. The van der Waals surface area contributed by atoms with Crippen LogP contribution < -0.4 is 4.74 Å². The maximum Gasteiger partial charge on any atom is 0.573 e. The first-order valence-corrected chi connectivity index (χ1v) is 5.77. The third-order valence-electron chi connectivity index (χ3n) is 2.21. The highest BCUT2D eigenvalue weighted by Crippen LogP contribution is 2.36. The molecule has 0 bridgehead atoms. The predicted octanol–water partition coefficient (Wildman–Crippen LogP) is 4.13.